The van der Waals surface area contributed by atoms with Crippen LogP contribution in [0.25, 0.3) is 0 Å². The highest BCUT2D eigenvalue weighted by molar-refractivity contribution is 6.53. The van der Waals surface area contributed by atoms with Crippen molar-refractivity contribution < 1.29 is 28.6 Å². The van der Waals surface area contributed by atoms with E-state index in [1.54, 1.807) is 18.2 Å². The number of anilines is 2. The third-order valence-corrected chi connectivity index (χ3v) is 6.02. The van der Waals surface area contributed by atoms with Gasteiger partial charge in [0.25, 0.3) is 11.8 Å². The average Bonchev–Trinajstić information content (AvgIpc) is 3.08. The van der Waals surface area contributed by atoms with E-state index in [0.717, 1.165) is 4.90 Å². The van der Waals surface area contributed by atoms with E-state index >= 15 is 0 Å². The van der Waals surface area contributed by atoms with Gasteiger partial charge in [0.15, 0.2) is 0 Å². The molecule has 1 aliphatic heterocycles. The van der Waals surface area contributed by atoms with Crippen LogP contribution in [0.1, 0.15) is 10.4 Å². The van der Waals surface area contributed by atoms with Gasteiger partial charge in [-0.05, 0) is 54.6 Å². The number of methoxy groups -OCH3 is 2. The zero-order valence-electron chi connectivity index (χ0n) is 18.8. The molecule has 36 heavy (non-hydrogen) atoms. The number of nitrogens with one attached hydrogen (secondary N) is 1. The van der Waals surface area contributed by atoms with Crippen molar-refractivity contribution in [1.29, 1.82) is 0 Å². The molecule has 0 radical (unpaired) electrons. The number of imide groups is 1. The first-order valence-corrected chi connectivity index (χ1v) is 11.4. The van der Waals surface area contributed by atoms with Crippen LogP contribution in [0.4, 0.5) is 11.4 Å². The van der Waals surface area contributed by atoms with Gasteiger partial charge in [0.2, 0.25) is 0 Å². The SMILES string of the molecule is COc1ccc(OC)c(N2C(=O)C(Cl)=C(Nc3ccc(C(=O)Oc4ccc(Cl)cc4Cl)cc3)C2=O)c1. The van der Waals surface area contributed by atoms with E-state index in [1.165, 1.54) is 56.7 Å². The molecule has 1 aliphatic rings. The van der Waals surface area contributed by atoms with Crippen molar-refractivity contribution >= 4 is 64.0 Å². The predicted octanol–water partition coefficient (Wildman–Crippen LogP) is 5.67. The fourth-order valence-corrected chi connectivity index (χ4v) is 4.01. The number of esters is 1. The van der Waals surface area contributed by atoms with Crippen molar-refractivity contribution in [2.75, 3.05) is 24.4 Å². The minimum atomic E-state index is -0.726. The van der Waals surface area contributed by atoms with E-state index in [-0.39, 0.29) is 38.5 Å². The van der Waals surface area contributed by atoms with Crippen molar-refractivity contribution in [1.82, 2.24) is 0 Å². The van der Waals surface area contributed by atoms with Gasteiger partial charge >= 0.3 is 5.97 Å². The number of halogens is 3. The second-order valence-electron chi connectivity index (χ2n) is 7.34. The average molecular weight is 548 g/mol. The fraction of sp³-hybridized carbons (Fsp3) is 0.0800. The Hall–Kier alpha value is -3.72. The molecule has 8 nitrogen and oxygen atoms in total. The summed E-state index contributed by atoms with van der Waals surface area (Å²) >= 11 is 18.1. The van der Waals surface area contributed by atoms with Gasteiger partial charge in [0.05, 0.1) is 30.5 Å². The summed E-state index contributed by atoms with van der Waals surface area (Å²) < 4.78 is 15.8. The maximum Gasteiger partial charge on any atom is 0.343 e. The Kier molecular flexibility index (Phi) is 7.40. The lowest BCUT2D eigenvalue weighted by Gasteiger charge is -2.19. The number of rotatable bonds is 7. The van der Waals surface area contributed by atoms with Gasteiger partial charge in [0.1, 0.15) is 28.0 Å². The number of carbonyl (C=O) groups is 3. The van der Waals surface area contributed by atoms with Crippen LogP contribution in [0, 0.1) is 0 Å². The van der Waals surface area contributed by atoms with Crippen molar-refractivity contribution in [2.24, 2.45) is 0 Å². The quantitative estimate of drug-likeness (QED) is 0.231. The van der Waals surface area contributed by atoms with Crippen molar-refractivity contribution in [3.8, 4) is 17.2 Å². The molecule has 184 valence electrons. The third-order valence-electron chi connectivity index (χ3n) is 5.14. The monoisotopic (exact) mass is 546 g/mol. The van der Waals surface area contributed by atoms with Crippen LogP contribution in [0.5, 0.6) is 17.2 Å². The number of carbonyl (C=O) groups excluding carboxylic acids is 3. The molecule has 2 amide bonds. The topological polar surface area (TPSA) is 94.2 Å². The molecule has 0 fully saturated rings. The zero-order chi connectivity index (χ0) is 26.0. The summed E-state index contributed by atoms with van der Waals surface area (Å²) in [5.41, 5.74) is 0.684. The molecule has 1 heterocycles. The van der Waals surface area contributed by atoms with Gasteiger partial charge in [-0.3, -0.25) is 9.59 Å². The molecule has 0 saturated heterocycles. The molecule has 0 aromatic heterocycles. The molecule has 3 aromatic rings. The van der Waals surface area contributed by atoms with Crippen LogP contribution < -0.4 is 24.4 Å². The Morgan fingerprint density at radius 1 is 0.833 bits per heavy atom. The molecule has 0 atom stereocenters. The van der Waals surface area contributed by atoms with E-state index in [9.17, 15) is 14.4 Å². The Morgan fingerprint density at radius 2 is 1.53 bits per heavy atom. The van der Waals surface area contributed by atoms with E-state index in [4.69, 9.17) is 49.0 Å². The highest BCUT2D eigenvalue weighted by Gasteiger charge is 2.40. The van der Waals surface area contributed by atoms with Crippen molar-refractivity contribution in [3.05, 3.63) is 87.0 Å². The summed E-state index contributed by atoms with van der Waals surface area (Å²) in [6, 6.07) is 15.2. The first-order valence-electron chi connectivity index (χ1n) is 10.3. The van der Waals surface area contributed by atoms with Gasteiger partial charge < -0.3 is 19.5 Å². The van der Waals surface area contributed by atoms with Crippen molar-refractivity contribution in [3.63, 3.8) is 0 Å². The number of ether oxygens (including phenoxy) is 3. The molecule has 0 aliphatic carbocycles. The standard InChI is InChI=1S/C25H17Cl3N2O6/c1-34-16-8-10-20(35-2)18(12-16)30-23(31)21(28)22(24(30)32)29-15-6-3-13(4-7-15)25(33)36-19-9-5-14(26)11-17(19)27/h3-12,29H,1-2H3. The molecule has 0 spiro atoms. The summed E-state index contributed by atoms with van der Waals surface area (Å²) in [7, 11) is 2.87. The first-order chi connectivity index (χ1) is 17.2. The Balaban J connectivity index is 1.52. The van der Waals surface area contributed by atoms with E-state index in [2.05, 4.69) is 5.32 Å². The zero-order valence-corrected chi connectivity index (χ0v) is 21.1. The highest BCUT2D eigenvalue weighted by atomic mass is 35.5. The predicted molar refractivity (Wildman–Crippen MR) is 136 cm³/mol. The Bertz CT molecular complexity index is 1410. The summed E-state index contributed by atoms with van der Waals surface area (Å²) in [5.74, 6) is -1.19. The molecule has 4 rings (SSSR count). The van der Waals surface area contributed by atoms with Crippen LogP contribution in [-0.2, 0) is 9.59 Å². The molecule has 0 saturated carbocycles. The second kappa shape index (κ2) is 10.5. The van der Waals surface area contributed by atoms with Crippen LogP contribution >= 0.6 is 34.8 Å². The van der Waals surface area contributed by atoms with Crippen molar-refractivity contribution in [2.45, 2.75) is 0 Å². The molecule has 11 heteroatoms. The van der Waals surface area contributed by atoms with Gasteiger partial charge in [-0.25, -0.2) is 9.69 Å². The molecule has 1 N–H and O–H groups in total. The Labute approximate surface area is 220 Å². The molecule has 0 unspecified atom stereocenters. The lowest BCUT2D eigenvalue weighted by molar-refractivity contribution is -0.120. The first kappa shape index (κ1) is 25.4. The van der Waals surface area contributed by atoms with Crippen LogP contribution in [0.3, 0.4) is 0 Å². The van der Waals surface area contributed by atoms with Crippen LogP contribution in [-0.4, -0.2) is 32.0 Å². The lowest BCUT2D eigenvalue weighted by Crippen LogP contribution is -2.32. The maximum atomic E-state index is 13.1. The molecule has 0 bridgehead atoms. The minimum absolute atomic E-state index is 0.130. The smallest absolute Gasteiger partial charge is 0.343 e. The molecular weight excluding hydrogens is 531 g/mol. The lowest BCUT2D eigenvalue weighted by atomic mass is 10.2. The van der Waals surface area contributed by atoms with Gasteiger partial charge in [-0.15, -0.1) is 0 Å². The summed E-state index contributed by atoms with van der Waals surface area (Å²) in [5, 5.41) is 3.14. The largest absolute Gasteiger partial charge is 0.497 e. The van der Waals surface area contributed by atoms with Gasteiger partial charge in [-0.1, -0.05) is 34.8 Å². The number of nitrogens with zero attached hydrogens (tertiary/aromatic N) is 1. The van der Waals surface area contributed by atoms with Gasteiger partial charge in [-0.2, -0.15) is 0 Å². The van der Waals surface area contributed by atoms with Gasteiger partial charge in [0, 0.05) is 16.8 Å². The summed E-state index contributed by atoms with van der Waals surface area (Å²) in [6.07, 6.45) is 0. The maximum absolute atomic E-state index is 13.1. The summed E-state index contributed by atoms with van der Waals surface area (Å²) in [6.45, 7) is 0. The van der Waals surface area contributed by atoms with E-state index in [1.807, 2.05) is 0 Å². The molecular formula is C25H17Cl3N2O6. The second-order valence-corrected chi connectivity index (χ2v) is 8.56. The van der Waals surface area contributed by atoms with E-state index in [0.29, 0.717) is 16.5 Å². The number of benzene rings is 3. The number of hydrogen-bond acceptors (Lipinski definition) is 7. The van der Waals surface area contributed by atoms with Crippen LogP contribution in [0.15, 0.2) is 71.4 Å². The minimum Gasteiger partial charge on any atom is -0.497 e. The normalized spacial score (nSPS) is 13.2. The molecule has 3 aromatic carbocycles. The number of hydrogen-bond donors (Lipinski definition) is 1. The highest BCUT2D eigenvalue weighted by Crippen LogP contribution is 2.38. The third kappa shape index (κ3) is 4.97. The van der Waals surface area contributed by atoms with E-state index < -0.39 is 17.8 Å². The number of amides is 2. The Morgan fingerprint density at radius 3 is 2.17 bits per heavy atom. The fourth-order valence-electron chi connectivity index (χ4n) is 3.35. The van der Waals surface area contributed by atoms with Crippen LogP contribution in [0.2, 0.25) is 10.0 Å². The summed E-state index contributed by atoms with van der Waals surface area (Å²) in [4.78, 5) is 39.4.